The van der Waals surface area contributed by atoms with E-state index in [0.29, 0.717) is 15.1 Å². The van der Waals surface area contributed by atoms with Gasteiger partial charge in [-0.1, -0.05) is 17.7 Å². The molecule has 2 rings (SSSR count). The number of thiophene rings is 2. The number of sulfonamides is 1. The molecule has 7 heteroatoms. The van der Waals surface area contributed by atoms with Crippen molar-refractivity contribution in [2.45, 2.75) is 10.8 Å². The summed E-state index contributed by atoms with van der Waals surface area (Å²) in [5.41, 5.74) is 0. The van der Waals surface area contributed by atoms with Crippen LogP contribution in [0.25, 0.3) is 0 Å². The van der Waals surface area contributed by atoms with Crippen molar-refractivity contribution in [3.8, 4) is 0 Å². The second-order valence-electron chi connectivity index (χ2n) is 3.40. The number of hydrogen-bond acceptors (Lipinski definition) is 4. The van der Waals surface area contributed by atoms with Crippen molar-refractivity contribution < 1.29 is 8.42 Å². The maximum atomic E-state index is 12.1. The second kappa shape index (κ2) is 5.07. The van der Waals surface area contributed by atoms with E-state index in [4.69, 9.17) is 11.6 Å². The molecule has 3 nitrogen and oxygen atoms in total. The van der Waals surface area contributed by atoms with Crippen molar-refractivity contribution in [2.75, 3.05) is 7.05 Å². The van der Waals surface area contributed by atoms with Crippen LogP contribution in [0.15, 0.2) is 33.9 Å². The second-order valence-corrected chi connectivity index (χ2v) is 8.42. The van der Waals surface area contributed by atoms with Gasteiger partial charge in [-0.05, 0) is 23.6 Å². The minimum Gasteiger partial charge on any atom is -0.206 e. The molecule has 0 unspecified atom stereocenters. The van der Waals surface area contributed by atoms with E-state index in [1.807, 2.05) is 6.07 Å². The third-order valence-electron chi connectivity index (χ3n) is 2.17. The standard InChI is InChI=1S/C10H10ClNO2S3/c1-12(7-8-4-5-9(11)16-8)17(13,14)10-3-2-6-15-10/h2-6H,7H2,1H3. The largest absolute Gasteiger partial charge is 0.252 e. The van der Waals surface area contributed by atoms with Gasteiger partial charge in [0, 0.05) is 18.5 Å². The smallest absolute Gasteiger partial charge is 0.206 e. The first-order valence-corrected chi connectivity index (χ1v) is 8.25. The maximum absolute atomic E-state index is 12.1. The van der Waals surface area contributed by atoms with Crippen molar-refractivity contribution in [3.05, 3.63) is 38.9 Å². The van der Waals surface area contributed by atoms with Crippen LogP contribution in [0.5, 0.6) is 0 Å². The Hall–Kier alpha value is -0.400. The molecule has 92 valence electrons. The van der Waals surface area contributed by atoms with Crippen LogP contribution in [0.2, 0.25) is 4.34 Å². The highest BCUT2D eigenvalue weighted by Gasteiger charge is 2.22. The summed E-state index contributed by atoms with van der Waals surface area (Å²) in [4.78, 5) is 0.928. The lowest BCUT2D eigenvalue weighted by molar-refractivity contribution is 0.471. The van der Waals surface area contributed by atoms with Crippen LogP contribution in [-0.2, 0) is 16.6 Å². The Morgan fingerprint density at radius 3 is 2.65 bits per heavy atom. The van der Waals surface area contributed by atoms with E-state index in [1.54, 1.807) is 30.6 Å². The highest BCUT2D eigenvalue weighted by Crippen LogP contribution is 2.25. The molecule has 0 aliphatic carbocycles. The molecule has 0 spiro atoms. The molecule has 0 aromatic carbocycles. The fraction of sp³-hybridized carbons (Fsp3) is 0.200. The van der Waals surface area contributed by atoms with Gasteiger partial charge in [0.1, 0.15) is 4.21 Å². The van der Waals surface area contributed by atoms with Crippen molar-refractivity contribution in [1.82, 2.24) is 4.31 Å². The topological polar surface area (TPSA) is 37.4 Å². The Morgan fingerprint density at radius 1 is 1.35 bits per heavy atom. The Bertz CT molecular complexity index is 589. The van der Waals surface area contributed by atoms with E-state index in [-0.39, 0.29) is 0 Å². The lowest BCUT2D eigenvalue weighted by atomic mass is 10.5. The van der Waals surface area contributed by atoms with Gasteiger partial charge in [0.15, 0.2) is 0 Å². The monoisotopic (exact) mass is 307 g/mol. The first kappa shape index (κ1) is 13.0. The van der Waals surface area contributed by atoms with Crippen molar-refractivity contribution in [2.24, 2.45) is 0 Å². The molecule has 0 aliphatic rings. The number of hydrogen-bond donors (Lipinski definition) is 0. The molecular weight excluding hydrogens is 298 g/mol. The van der Waals surface area contributed by atoms with Gasteiger partial charge in [-0.25, -0.2) is 8.42 Å². The minimum absolute atomic E-state index is 0.345. The molecule has 17 heavy (non-hydrogen) atoms. The molecule has 0 saturated heterocycles. The first-order valence-electron chi connectivity index (χ1n) is 4.74. The number of nitrogens with zero attached hydrogens (tertiary/aromatic N) is 1. The Balaban J connectivity index is 2.18. The zero-order valence-electron chi connectivity index (χ0n) is 8.96. The summed E-state index contributed by atoms with van der Waals surface area (Å²) < 4.78 is 26.6. The van der Waals surface area contributed by atoms with Crippen LogP contribution in [0.3, 0.4) is 0 Å². The summed E-state index contributed by atoms with van der Waals surface area (Å²) in [7, 11) is -1.80. The molecule has 0 N–H and O–H groups in total. The van der Waals surface area contributed by atoms with Gasteiger partial charge in [-0.2, -0.15) is 4.31 Å². The molecule has 2 aromatic rings. The molecule has 0 bridgehead atoms. The highest BCUT2D eigenvalue weighted by atomic mass is 35.5. The Kier molecular flexibility index (Phi) is 3.89. The van der Waals surface area contributed by atoms with Crippen molar-refractivity contribution >= 4 is 44.3 Å². The summed E-state index contributed by atoms with van der Waals surface area (Å²) >= 11 is 8.42. The SMILES string of the molecule is CN(Cc1ccc(Cl)s1)S(=O)(=O)c1cccs1. The quantitative estimate of drug-likeness (QED) is 0.869. The normalized spacial score (nSPS) is 12.2. The molecule has 2 heterocycles. The third-order valence-corrected chi connectivity index (χ3v) is 6.56. The van der Waals surface area contributed by atoms with E-state index in [1.165, 1.54) is 27.0 Å². The van der Waals surface area contributed by atoms with Gasteiger partial charge < -0.3 is 0 Å². The zero-order valence-corrected chi connectivity index (χ0v) is 12.2. The van der Waals surface area contributed by atoms with E-state index < -0.39 is 10.0 Å². The van der Waals surface area contributed by atoms with Gasteiger partial charge in [0.25, 0.3) is 10.0 Å². The summed E-state index contributed by atoms with van der Waals surface area (Å²) in [6.07, 6.45) is 0. The zero-order chi connectivity index (χ0) is 12.5. The van der Waals surface area contributed by atoms with Gasteiger partial charge >= 0.3 is 0 Å². The predicted molar refractivity (Wildman–Crippen MR) is 72.3 cm³/mol. The fourth-order valence-corrected chi connectivity index (χ4v) is 4.88. The average molecular weight is 308 g/mol. The first-order chi connectivity index (χ1) is 8.00. The van der Waals surface area contributed by atoms with Crippen LogP contribution in [0.1, 0.15) is 4.88 Å². The highest BCUT2D eigenvalue weighted by molar-refractivity contribution is 7.91. The van der Waals surface area contributed by atoms with E-state index in [0.717, 1.165) is 4.88 Å². The van der Waals surface area contributed by atoms with Crippen LogP contribution in [0, 0.1) is 0 Å². The summed E-state index contributed by atoms with van der Waals surface area (Å²) in [6.45, 7) is 0.345. The molecule has 0 amide bonds. The lowest BCUT2D eigenvalue weighted by Gasteiger charge is -2.14. The van der Waals surface area contributed by atoms with E-state index >= 15 is 0 Å². The number of halogens is 1. The van der Waals surface area contributed by atoms with Gasteiger partial charge in [0.05, 0.1) is 4.34 Å². The summed E-state index contributed by atoms with van der Waals surface area (Å²) in [6, 6.07) is 6.95. The van der Waals surface area contributed by atoms with Crippen molar-refractivity contribution in [3.63, 3.8) is 0 Å². The molecule has 0 atom stereocenters. The summed E-state index contributed by atoms with van der Waals surface area (Å²) in [5.74, 6) is 0. The van der Waals surface area contributed by atoms with Crippen LogP contribution >= 0.6 is 34.3 Å². The Morgan fingerprint density at radius 2 is 2.12 bits per heavy atom. The van der Waals surface area contributed by atoms with Crippen LogP contribution in [0.4, 0.5) is 0 Å². The van der Waals surface area contributed by atoms with E-state index in [2.05, 4.69) is 0 Å². The van der Waals surface area contributed by atoms with Crippen LogP contribution in [-0.4, -0.2) is 19.8 Å². The summed E-state index contributed by atoms with van der Waals surface area (Å²) in [5, 5.41) is 1.75. The third kappa shape index (κ3) is 2.89. The predicted octanol–water partition coefficient (Wildman–Crippen LogP) is 3.28. The minimum atomic E-state index is -3.37. The molecule has 2 aromatic heterocycles. The van der Waals surface area contributed by atoms with Gasteiger partial charge in [0.2, 0.25) is 0 Å². The van der Waals surface area contributed by atoms with Crippen LogP contribution < -0.4 is 0 Å². The molecule has 0 saturated carbocycles. The fourth-order valence-electron chi connectivity index (χ4n) is 1.31. The molecular formula is C10H10ClNO2S3. The molecule has 0 aliphatic heterocycles. The molecule has 0 radical (unpaired) electrons. The molecule has 0 fully saturated rings. The van der Waals surface area contributed by atoms with Gasteiger partial charge in [-0.3, -0.25) is 0 Å². The number of rotatable bonds is 4. The average Bonchev–Trinajstić information content (AvgIpc) is 2.89. The van der Waals surface area contributed by atoms with Gasteiger partial charge in [-0.15, -0.1) is 22.7 Å². The maximum Gasteiger partial charge on any atom is 0.252 e. The Labute approximate surface area is 113 Å². The van der Waals surface area contributed by atoms with E-state index in [9.17, 15) is 8.42 Å². The van der Waals surface area contributed by atoms with Crippen molar-refractivity contribution in [1.29, 1.82) is 0 Å². The lowest BCUT2D eigenvalue weighted by Crippen LogP contribution is -2.25.